The molecule has 7 heteroatoms. The van der Waals surface area contributed by atoms with E-state index < -0.39 is 5.91 Å². The van der Waals surface area contributed by atoms with Crippen LogP contribution in [-0.4, -0.2) is 26.2 Å². The van der Waals surface area contributed by atoms with Gasteiger partial charge in [0.15, 0.2) is 11.5 Å². The van der Waals surface area contributed by atoms with Crippen molar-refractivity contribution >= 4 is 29.3 Å². The minimum absolute atomic E-state index is 0.0732. The molecule has 0 bridgehead atoms. The molecule has 28 heavy (non-hydrogen) atoms. The minimum atomic E-state index is -0.560. The maximum Gasteiger partial charge on any atom is 0.266 e. The summed E-state index contributed by atoms with van der Waals surface area (Å²) in [5.41, 5.74) is 1.74. The van der Waals surface area contributed by atoms with E-state index in [9.17, 15) is 10.1 Å². The molecule has 0 unspecified atom stereocenters. The van der Waals surface area contributed by atoms with Gasteiger partial charge in [-0.25, -0.2) is 0 Å². The highest BCUT2D eigenvalue weighted by Crippen LogP contribution is 2.35. The molecule has 1 aliphatic heterocycles. The number of nitriles is 1. The van der Waals surface area contributed by atoms with Crippen LogP contribution in [0.15, 0.2) is 35.9 Å². The molecule has 1 amide bonds. The molecule has 2 aromatic rings. The van der Waals surface area contributed by atoms with Crippen LogP contribution >= 0.6 is 11.6 Å². The number of methoxy groups -OCH3 is 1. The first-order valence-electron chi connectivity index (χ1n) is 8.69. The number of carbonyl (C=O) groups excluding carboxylic acids is 1. The normalized spacial score (nSPS) is 13.3. The summed E-state index contributed by atoms with van der Waals surface area (Å²) in [5, 5.41) is 12.7. The Balaban J connectivity index is 1.92. The first-order valence-corrected chi connectivity index (χ1v) is 9.07. The summed E-state index contributed by atoms with van der Waals surface area (Å²) in [6, 6.07) is 10.6. The molecule has 0 spiro atoms. The standard InChI is InChI=1S/C21H19ClN2O4/c1-13-9-17(19(26-2)11-16(13)22)24-21(25)15(12-23)10-14-5-3-6-18-20(14)28-8-4-7-27-18/h3,5-6,9-11H,4,7-8H2,1-2H3,(H,24,25)/b15-10-. The quantitative estimate of drug-likeness (QED) is 0.611. The third-order valence-corrected chi connectivity index (χ3v) is 4.60. The van der Waals surface area contributed by atoms with Crippen LogP contribution in [0.2, 0.25) is 5.02 Å². The van der Waals surface area contributed by atoms with Gasteiger partial charge in [-0.2, -0.15) is 5.26 Å². The Labute approximate surface area is 168 Å². The lowest BCUT2D eigenvalue weighted by molar-refractivity contribution is -0.112. The fourth-order valence-corrected chi connectivity index (χ4v) is 2.91. The van der Waals surface area contributed by atoms with Crippen LogP contribution in [0, 0.1) is 18.3 Å². The number of benzene rings is 2. The zero-order chi connectivity index (χ0) is 20.1. The van der Waals surface area contributed by atoms with E-state index in [1.165, 1.54) is 13.2 Å². The molecule has 0 saturated carbocycles. The molecule has 0 saturated heterocycles. The second-order valence-electron chi connectivity index (χ2n) is 6.15. The molecule has 6 nitrogen and oxygen atoms in total. The number of carbonyl (C=O) groups is 1. The van der Waals surface area contributed by atoms with Crippen molar-refractivity contribution in [2.75, 3.05) is 25.6 Å². The first kappa shape index (κ1) is 19.6. The largest absolute Gasteiger partial charge is 0.495 e. The lowest BCUT2D eigenvalue weighted by atomic mass is 10.1. The van der Waals surface area contributed by atoms with Crippen LogP contribution in [0.25, 0.3) is 6.08 Å². The molecule has 144 valence electrons. The lowest BCUT2D eigenvalue weighted by Gasteiger charge is -2.13. The fourth-order valence-electron chi connectivity index (χ4n) is 2.75. The highest BCUT2D eigenvalue weighted by Gasteiger charge is 2.17. The van der Waals surface area contributed by atoms with Crippen molar-refractivity contribution in [3.05, 3.63) is 52.1 Å². The third kappa shape index (κ3) is 4.21. The SMILES string of the molecule is COc1cc(Cl)c(C)cc1NC(=O)/C(C#N)=C\c1cccc2c1OCCCO2. The summed E-state index contributed by atoms with van der Waals surface area (Å²) in [7, 11) is 1.48. The van der Waals surface area contributed by atoms with E-state index in [-0.39, 0.29) is 5.57 Å². The van der Waals surface area contributed by atoms with Crippen LogP contribution in [0.4, 0.5) is 5.69 Å². The molecule has 0 aromatic heterocycles. The monoisotopic (exact) mass is 398 g/mol. The molecule has 2 aromatic carbocycles. The molecule has 3 rings (SSSR count). The van der Waals surface area contributed by atoms with Crippen LogP contribution in [-0.2, 0) is 4.79 Å². The van der Waals surface area contributed by atoms with Gasteiger partial charge in [-0.3, -0.25) is 4.79 Å². The first-order chi connectivity index (χ1) is 13.5. The number of amides is 1. The van der Waals surface area contributed by atoms with Crippen molar-refractivity contribution in [2.24, 2.45) is 0 Å². The number of hydrogen-bond acceptors (Lipinski definition) is 5. The average molecular weight is 399 g/mol. The van der Waals surface area contributed by atoms with Gasteiger partial charge in [-0.05, 0) is 30.7 Å². The molecule has 1 aliphatic rings. The lowest BCUT2D eigenvalue weighted by Crippen LogP contribution is -2.14. The number of fused-ring (bicyclic) bond motifs is 1. The summed E-state index contributed by atoms with van der Waals surface area (Å²) < 4.78 is 16.7. The van der Waals surface area contributed by atoms with Crippen LogP contribution in [0.3, 0.4) is 0 Å². The highest BCUT2D eigenvalue weighted by atomic mass is 35.5. The van der Waals surface area contributed by atoms with Crippen molar-refractivity contribution < 1.29 is 19.0 Å². The Bertz CT molecular complexity index is 979. The summed E-state index contributed by atoms with van der Waals surface area (Å²) in [6.07, 6.45) is 2.25. The minimum Gasteiger partial charge on any atom is -0.495 e. The van der Waals surface area contributed by atoms with E-state index in [1.807, 2.05) is 13.0 Å². The van der Waals surface area contributed by atoms with E-state index in [4.69, 9.17) is 25.8 Å². The predicted molar refractivity (Wildman–Crippen MR) is 107 cm³/mol. The van der Waals surface area contributed by atoms with Gasteiger partial charge in [-0.1, -0.05) is 23.7 Å². The maximum atomic E-state index is 12.7. The Morgan fingerprint density at radius 2 is 2.11 bits per heavy atom. The zero-order valence-electron chi connectivity index (χ0n) is 15.5. The summed E-state index contributed by atoms with van der Waals surface area (Å²) in [5.74, 6) is 0.973. The number of rotatable bonds is 4. The molecule has 0 radical (unpaired) electrons. The predicted octanol–water partition coefficient (Wildman–Crippen LogP) is 4.36. The number of hydrogen-bond donors (Lipinski definition) is 1. The van der Waals surface area contributed by atoms with Crippen molar-refractivity contribution in [3.63, 3.8) is 0 Å². The van der Waals surface area contributed by atoms with Crippen LogP contribution in [0.5, 0.6) is 17.2 Å². The smallest absolute Gasteiger partial charge is 0.266 e. The topological polar surface area (TPSA) is 80.6 Å². The number of nitrogens with one attached hydrogen (secondary N) is 1. The van der Waals surface area contributed by atoms with Gasteiger partial charge in [0.1, 0.15) is 17.4 Å². The number of anilines is 1. The van der Waals surface area contributed by atoms with E-state index in [0.29, 0.717) is 46.7 Å². The second-order valence-corrected chi connectivity index (χ2v) is 6.56. The van der Waals surface area contributed by atoms with E-state index in [1.54, 1.807) is 30.3 Å². The number of halogens is 1. The number of ether oxygens (including phenoxy) is 3. The molecule has 1 heterocycles. The van der Waals surface area contributed by atoms with Gasteiger partial charge in [0.05, 0.1) is 26.0 Å². The molecule has 0 atom stereocenters. The Morgan fingerprint density at radius 1 is 1.32 bits per heavy atom. The van der Waals surface area contributed by atoms with Crippen molar-refractivity contribution in [3.8, 4) is 23.3 Å². The van der Waals surface area contributed by atoms with Crippen LogP contribution in [0.1, 0.15) is 17.5 Å². The molecule has 1 N–H and O–H groups in total. The third-order valence-electron chi connectivity index (χ3n) is 4.20. The Kier molecular flexibility index (Phi) is 6.07. The Hall–Kier alpha value is -3.17. The summed E-state index contributed by atoms with van der Waals surface area (Å²) in [6.45, 7) is 2.88. The van der Waals surface area contributed by atoms with E-state index >= 15 is 0 Å². The van der Waals surface area contributed by atoms with E-state index in [2.05, 4.69) is 5.32 Å². The van der Waals surface area contributed by atoms with Gasteiger partial charge < -0.3 is 19.5 Å². The van der Waals surface area contributed by atoms with Crippen molar-refractivity contribution in [1.82, 2.24) is 0 Å². The Morgan fingerprint density at radius 3 is 2.86 bits per heavy atom. The number of nitrogens with zero attached hydrogens (tertiary/aromatic N) is 1. The summed E-state index contributed by atoms with van der Waals surface area (Å²) >= 11 is 6.10. The van der Waals surface area contributed by atoms with E-state index in [0.717, 1.165) is 12.0 Å². The highest BCUT2D eigenvalue weighted by molar-refractivity contribution is 6.31. The maximum absolute atomic E-state index is 12.7. The molecular weight excluding hydrogens is 380 g/mol. The zero-order valence-corrected chi connectivity index (χ0v) is 16.3. The molecule has 0 aliphatic carbocycles. The van der Waals surface area contributed by atoms with Gasteiger partial charge in [0.25, 0.3) is 5.91 Å². The van der Waals surface area contributed by atoms with Gasteiger partial charge >= 0.3 is 0 Å². The average Bonchev–Trinajstić information content (AvgIpc) is 2.94. The number of para-hydroxylation sites is 1. The van der Waals surface area contributed by atoms with Crippen molar-refractivity contribution in [2.45, 2.75) is 13.3 Å². The second kappa shape index (κ2) is 8.68. The number of aryl methyl sites for hydroxylation is 1. The summed E-state index contributed by atoms with van der Waals surface area (Å²) in [4.78, 5) is 12.7. The van der Waals surface area contributed by atoms with Gasteiger partial charge in [0, 0.05) is 23.1 Å². The van der Waals surface area contributed by atoms with Crippen molar-refractivity contribution in [1.29, 1.82) is 5.26 Å². The fraction of sp³-hybridized carbons (Fsp3) is 0.238. The van der Waals surface area contributed by atoms with Crippen LogP contribution < -0.4 is 19.5 Å². The van der Waals surface area contributed by atoms with Gasteiger partial charge in [-0.15, -0.1) is 0 Å². The molecular formula is C21H19ClN2O4. The molecule has 0 fully saturated rings. The van der Waals surface area contributed by atoms with Gasteiger partial charge in [0.2, 0.25) is 0 Å².